The predicted octanol–water partition coefficient (Wildman–Crippen LogP) is 3.68. The number of aromatic nitrogens is 5. The van der Waals surface area contributed by atoms with Crippen LogP contribution in [0.15, 0.2) is 23.4 Å². The summed E-state index contributed by atoms with van der Waals surface area (Å²) in [5.41, 5.74) is 0.796. The zero-order chi connectivity index (χ0) is 18.0. The van der Waals surface area contributed by atoms with Crippen molar-refractivity contribution in [3.05, 3.63) is 33.3 Å². The lowest BCUT2D eigenvalue weighted by Crippen LogP contribution is -2.14. The van der Waals surface area contributed by atoms with Gasteiger partial charge in [0.2, 0.25) is 11.0 Å². The molecule has 2 heterocycles. The number of thioether (sulfide) groups is 1. The van der Waals surface area contributed by atoms with Crippen LogP contribution in [0.5, 0.6) is 0 Å². The second kappa shape index (κ2) is 7.69. The number of halogens is 2. The molecular formula is C14H12Cl2N6OS2. The lowest BCUT2D eigenvalue weighted by molar-refractivity contribution is -0.113. The number of hydrogen-bond acceptors (Lipinski definition) is 7. The highest BCUT2D eigenvalue weighted by Crippen LogP contribution is 2.29. The van der Waals surface area contributed by atoms with Crippen molar-refractivity contribution >= 4 is 57.3 Å². The molecule has 130 valence electrons. The number of anilines is 1. The molecule has 3 rings (SSSR count). The monoisotopic (exact) mass is 414 g/mol. The maximum Gasteiger partial charge on any atom is 0.236 e. The zero-order valence-corrected chi connectivity index (χ0v) is 16.3. The molecule has 3 aromatic rings. The van der Waals surface area contributed by atoms with Crippen molar-refractivity contribution < 1.29 is 4.79 Å². The van der Waals surface area contributed by atoms with Crippen LogP contribution in [0.1, 0.15) is 5.01 Å². The molecule has 1 N–H and O–H groups in total. The van der Waals surface area contributed by atoms with Gasteiger partial charge in [-0.3, -0.25) is 10.1 Å². The molecule has 0 saturated heterocycles. The summed E-state index contributed by atoms with van der Waals surface area (Å²) in [5, 5.41) is 21.5. The quantitative estimate of drug-likeness (QED) is 0.640. The Balaban J connectivity index is 1.66. The highest BCUT2D eigenvalue weighted by molar-refractivity contribution is 7.99. The minimum atomic E-state index is -0.180. The summed E-state index contributed by atoms with van der Waals surface area (Å²) in [7, 11) is 1.83. The summed E-state index contributed by atoms with van der Waals surface area (Å²) in [6, 6.07) is 5.25. The van der Waals surface area contributed by atoms with Gasteiger partial charge in [-0.15, -0.1) is 20.4 Å². The fraction of sp³-hybridized carbons (Fsp3) is 0.214. The van der Waals surface area contributed by atoms with Crippen LogP contribution in [0.25, 0.3) is 11.4 Å². The van der Waals surface area contributed by atoms with Gasteiger partial charge >= 0.3 is 0 Å². The first-order valence-electron chi connectivity index (χ1n) is 7.01. The molecule has 0 saturated carbocycles. The maximum absolute atomic E-state index is 12.0. The van der Waals surface area contributed by atoms with Gasteiger partial charge in [0.05, 0.1) is 15.8 Å². The van der Waals surface area contributed by atoms with E-state index in [0.29, 0.717) is 26.2 Å². The van der Waals surface area contributed by atoms with Crippen molar-refractivity contribution in [2.45, 2.75) is 12.1 Å². The van der Waals surface area contributed by atoms with E-state index in [1.54, 1.807) is 16.7 Å². The van der Waals surface area contributed by atoms with E-state index in [1.807, 2.05) is 20.0 Å². The van der Waals surface area contributed by atoms with Gasteiger partial charge in [-0.1, -0.05) is 46.3 Å². The Morgan fingerprint density at radius 2 is 2.04 bits per heavy atom. The molecule has 0 fully saturated rings. The Labute approximate surface area is 161 Å². The van der Waals surface area contributed by atoms with Gasteiger partial charge in [-0.2, -0.15) is 0 Å². The van der Waals surface area contributed by atoms with Crippen LogP contribution >= 0.6 is 46.3 Å². The first-order chi connectivity index (χ1) is 11.9. The van der Waals surface area contributed by atoms with Crippen molar-refractivity contribution in [2.24, 2.45) is 7.05 Å². The van der Waals surface area contributed by atoms with Gasteiger partial charge in [-0.05, 0) is 25.1 Å². The number of benzene rings is 1. The van der Waals surface area contributed by atoms with Crippen molar-refractivity contribution in [3.8, 4) is 11.4 Å². The fourth-order valence-corrected chi connectivity index (χ4v) is 3.58. The van der Waals surface area contributed by atoms with E-state index in [1.165, 1.54) is 23.1 Å². The van der Waals surface area contributed by atoms with E-state index in [2.05, 4.69) is 25.7 Å². The SMILES string of the molecule is Cc1nnc(NC(=O)CSc2nnc(-c3ccc(Cl)c(Cl)c3)n2C)s1. The van der Waals surface area contributed by atoms with Crippen molar-refractivity contribution in [1.29, 1.82) is 0 Å². The molecule has 0 bridgehead atoms. The number of nitrogens with zero attached hydrogens (tertiary/aromatic N) is 5. The van der Waals surface area contributed by atoms with Gasteiger partial charge in [0.25, 0.3) is 0 Å². The molecule has 11 heteroatoms. The van der Waals surface area contributed by atoms with Crippen LogP contribution in [0.2, 0.25) is 10.0 Å². The van der Waals surface area contributed by atoms with Crippen LogP contribution in [-0.4, -0.2) is 36.6 Å². The molecular weight excluding hydrogens is 403 g/mol. The van der Waals surface area contributed by atoms with E-state index in [-0.39, 0.29) is 11.7 Å². The standard InChI is InChI=1S/C14H12Cl2N6OS2/c1-7-18-20-13(25-7)17-11(23)6-24-14-21-19-12(22(14)2)8-3-4-9(15)10(16)5-8/h3-5H,6H2,1-2H3,(H,17,20,23). The van der Waals surface area contributed by atoms with Gasteiger partial charge in [0.1, 0.15) is 5.01 Å². The normalized spacial score (nSPS) is 10.9. The topological polar surface area (TPSA) is 85.6 Å². The van der Waals surface area contributed by atoms with E-state index < -0.39 is 0 Å². The molecule has 0 aliphatic carbocycles. The molecule has 7 nitrogen and oxygen atoms in total. The molecule has 0 spiro atoms. The predicted molar refractivity (Wildman–Crippen MR) is 100 cm³/mol. The summed E-state index contributed by atoms with van der Waals surface area (Å²) in [5.74, 6) is 0.646. The number of aryl methyl sites for hydroxylation is 1. The summed E-state index contributed by atoms with van der Waals surface area (Å²) in [6.07, 6.45) is 0. The van der Waals surface area contributed by atoms with Gasteiger partial charge in [0.15, 0.2) is 11.0 Å². The highest BCUT2D eigenvalue weighted by Gasteiger charge is 2.14. The Kier molecular flexibility index (Phi) is 5.57. The van der Waals surface area contributed by atoms with Gasteiger partial charge in [0, 0.05) is 12.6 Å². The molecule has 1 aromatic carbocycles. The lowest BCUT2D eigenvalue weighted by atomic mass is 10.2. The third-order valence-electron chi connectivity index (χ3n) is 3.12. The summed E-state index contributed by atoms with van der Waals surface area (Å²) >= 11 is 14.6. The lowest BCUT2D eigenvalue weighted by Gasteiger charge is -2.05. The second-order valence-electron chi connectivity index (χ2n) is 4.96. The molecule has 0 aliphatic rings. The van der Waals surface area contributed by atoms with Crippen molar-refractivity contribution in [1.82, 2.24) is 25.0 Å². The minimum Gasteiger partial charge on any atom is -0.305 e. The van der Waals surface area contributed by atoms with Crippen LogP contribution in [0, 0.1) is 6.92 Å². The van der Waals surface area contributed by atoms with Crippen LogP contribution in [0.4, 0.5) is 5.13 Å². The van der Waals surface area contributed by atoms with Gasteiger partial charge < -0.3 is 4.57 Å². The number of carbonyl (C=O) groups is 1. The summed E-state index contributed by atoms with van der Waals surface area (Å²) < 4.78 is 1.80. The van der Waals surface area contributed by atoms with E-state index in [9.17, 15) is 4.79 Å². The Morgan fingerprint density at radius 3 is 2.72 bits per heavy atom. The Bertz CT molecular complexity index is 926. The second-order valence-corrected chi connectivity index (χ2v) is 7.90. The van der Waals surface area contributed by atoms with Crippen molar-refractivity contribution in [2.75, 3.05) is 11.1 Å². The zero-order valence-electron chi connectivity index (χ0n) is 13.2. The average Bonchev–Trinajstić information content (AvgIpc) is 3.14. The maximum atomic E-state index is 12.0. The van der Waals surface area contributed by atoms with E-state index in [0.717, 1.165) is 10.6 Å². The van der Waals surface area contributed by atoms with Crippen LogP contribution in [-0.2, 0) is 11.8 Å². The van der Waals surface area contributed by atoms with Gasteiger partial charge in [-0.25, -0.2) is 0 Å². The molecule has 0 atom stereocenters. The summed E-state index contributed by atoms with van der Waals surface area (Å²) in [6.45, 7) is 1.83. The third-order valence-corrected chi connectivity index (χ3v) is 5.63. The Morgan fingerprint density at radius 1 is 1.24 bits per heavy atom. The fourth-order valence-electron chi connectivity index (χ4n) is 1.96. The number of hydrogen-bond donors (Lipinski definition) is 1. The number of nitrogens with one attached hydrogen (secondary N) is 1. The minimum absolute atomic E-state index is 0.180. The van der Waals surface area contributed by atoms with Crippen molar-refractivity contribution in [3.63, 3.8) is 0 Å². The molecule has 25 heavy (non-hydrogen) atoms. The third kappa shape index (κ3) is 4.30. The molecule has 0 radical (unpaired) electrons. The van der Waals surface area contributed by atoms with E-state index in [4.69, 9.17) is 23.2 Å². The smallest absolute Gasteiger partial charge is 0.236 e. The Hall–Kier alpha value is -1.68. The summed E-state index contributed by atoms with van der Waals surface area (Å²) in [4.78, 5) is 12.0. The first kappa shape index (κ1) is 18.1. The number of amides is 1. The average molecular weight is 415 g/mol. The van der Waals surface area contributed by atoms with Crippen LogP contribution < -0.4 is 5.32 Å². The number of rotatable bonds is 5. The van der Waals surface area contributed by atoms with E-state index >= 15 is 0 Å². The molecule has 0 aliphatic heterocycles. The molecule has 1 amide bonds. The highest BCUT2D eigenvalue weighted by atomic mass is 35.5. The first-order valence-corrected chi connectivity index (χ1v) is 9.57. The molecule has 0 unspecified atom stereocenters. The number of carbonyl (C=O) groups excluding carboxylic acids is 1. The largest absolute Gasteiger partial charge is 0.305 e. The molecule has 2 aromatic heterocycles. The van der Waals surface area contributed by atoms with Crippen LogP contribution in [0.3, 0.4) is 0 Å².